The number of benzene rings is 1. The Morgan fingerprint density at radius 2 is 2.05 bits per heavy atom. The summed E-state index contributed by atoms with van der Waals surface area (Å²) in [6.07, 6.45) is 3.70. The van der Waals surface area contributed by atoms with Crippen LogP contribution >= 0.6 is 0 Å². The van der Waals surface area contributed by atoms with Gasteiger partial charge in [0.25, 0.3) is 0 Å². The van der Waals surface area contributed by atoms with Gasteiger partial charge in [0.15, 0.2) is 11.6 Å². The van der Waals surface area contributed by atoms with Crippen molar-refractivity contribution in [2.45, 2.75) is 19.3 Å². The molecule has 0 radical (unpaired) electrons. The number of ether oxygens (including phenoxy) is 1. The minimum atomic E-state index is -1.14. The lowest BCUT2D eigenvalue weighted by atomic mass is 10.1. The normalized spacial score (nSPS) is 16.3. The van der Waals surface area contributed by atoms with E-state index in [-0.39, 0.29) is 11.3 Å². The van der Waals surface area contributed by atoms with Crippen LogP contribution in [0.3, 0.4) is 0 Å². The van der Waals surface area contributed by atoms with Crippen molar-refractivity contribution in [2.75, 3.05) is 26.2 Å². The van der Waals surface area contributed by atoms with E-state index in [1.54, 1.807) is 0 Å². The van der Waals surface area contributed by atoms with Gasteiger partial charge in [0.05, 0.1) is 5.56 Å². The third kappa shape index (κ3) is 3.92. The fourth-order valence-corrected chi connectivity index (χ4v) is 2.22. The summed E-state index contributed by atoms with van der Waals surface area (Å²) < 4.78 is 18.9. The van der Waals surface area contributed by atoms with Gasteiger partial charge in [-0.05, 0) is 44.1 Å². The molecule has 0 unspecified atom stereocenters. The van der Waals surface area contributed by atoms with Crippen LogP contribution in [0.25, 0.3) is 0 Å². The van der Waals surface area contributed by atoms with E-state index in [0.717, 1.165) is 25.7 Å². The van der Waals surface area contributed by atoms with Gasteiger partial charge in [-0.15, -0.1) is 0 Å². The molecule has 4 nitrogen and oxygen atoms in total. The van der Waals surface area contributed by atoms with Gasteiger partial charge in [0.2, 0.25) is 0 Å². The van der Waals surface area contributed by atoms with Crippen molar-refractivity contribution >= 4 is 5.97 Å². The summed E-state index contributed by atoms with van der Waals surface area (Å²) in [5.41, 5.74) is -0.0686. The largest absolute Gasteiger partial charge is 0.489 e. The second-order valence-corrected chi connectivity index (χ2v) is 4.70. The van der Waals surface area contributed by atoms with Gasteiger partial charge in [-0.2, -0.15) is 0 Å². The van der Waals surface area contributed by atoms with Crippen LogP contribution < -0.4 is 4.74 Å². The van der Waals surface area contributed by atoms with Crippen LogP contribution in [-0.2, 0) is 0 Å². The SMILES string of the molecule is O=C(O)c1ccc(OCCN2CCCCC2)c(F)c1. The molecule has 0 atom stereocenters. The maximum atomic E-state index is 13.6. The molecule has 1 heterocycles. The van der Waals surface area contributed by atoms with E-state index in [4.69, 9.17) is 9.84 Å². The van der Waals surface area contributed by atoms with E-state index in [2.05, 4.69) is 4.90 Å². The molecule has 19 heavy (non-hydrogen) atoms. The zero-order chi connectivity index (χ0) is 13.7. The van der Waals surface area contributed by atoms with E-state index in [9.17, 15) is 9.18 Å². The topological polar surface area (TPSA) is 49.8 Å². The molecule has 1 aromatic rings. The third-order valence-corrected chi connectivity index (χ3v) is 3.29. The molecule has 0 aromatic heterocycles. The summed E-state index contributed by atoms with van der Waals surface area (Å²) in [7, 11) is 0. The first-order valence-electron chi connectivity index (χ1n) is 6.55. The number of carboxylic acids is 1. The number of halogens is 1. The highest BCUT2D eigenvalue weighted by atomic mass is 19.1. The number of likely N-dealkylation sites (tertiary alicyclic amines) is 1. The Balaban J connectivity index is 1.83. The van der Waals surface area contributed by atoms with Gasteiger partial charge < -0.3 is 9.84 Å². The van der Waals surface area contributed by atoms with Crippen molar-refractivity contribution in [3.05, 3.63) is 29.6 Å². The number of piperidine rings is 1. The Morgan fingerprint density at radius 1 is 1.32 bits per heavy atom. The van der Waals surface area contributed by atoms with Gasteiger partial charge in [-0.3, -0.25) is 4.90 Å². The summed E-state index contributed by atoms with van der Waals surface area (Å²) >= 11 is 0. The Morgan fingerprint density at radius 3 is 2.68 bits per heavy atom. The Hall–Kier alpha value is -1.62. The van der Waals surface area contributed by atoms with Crippen LogP contribution in [-0.4, -0.2) is 42.2 Å². The first-order valence-corrected chi connectivity index (χ1v) is 6.55. The lowest BCUT2D eigenvalue weighted by Gasteiger charge is -2.26. The van der Waals surface area contributed by atoms with Crippen molar-refractivity contribution in [2.24, 2.45) is 0 Å². The summed E-state index contributed by atoms with van der Waals surface area (Å²) in [5.74, 6) is -1.65. The van der Waals surface area contributed by atoms with E-state index in [1.165, 1.54) is 31.4 Å². The van der Waals surface area contributed by atoms with Gasteiger partial charge in [0.1, 0.15) is 6.61 Å². The van der Waals surface area contributed by atoms with Crippen LogP contribution in [0.15, 0.2) is 18.2 Å². The van der Waals surface area contributed by atoms with Gasteiger partial charge >= 0.3 is 5.97 Å². The highest BCUT2D eigenvalue weighted by Crippen LogP contribution is 2.18. The number of nitrogens with zero attached hydrogens (tertiary/aromatic N) is 1. The Labute approximate surface area is 111 Å². The second-order valence-electron chi connectivity index (χ2n) is 4.70. The standard InChI is InChI=1S/C14H18FNO3/c15-12-10-11(14(17)18)4-5-13(12)19-9-8-16-6-2-1-3-7-16/h4-5,10H,1-3,6-9H2,(H,17,18). The fraction of sp³-hybridized carbons (Fsp3) is 0.500. The molecular formula is C14H18FNO3. The summed E-state index contributed by atoms with van der Waals surface area (Å²) in [4.78, 5) is 13.0. The molecular weight excluding hydrogens is 249 g/mol. The maximum absolute atomic E-state index is 13.6. The van der Waals surface area contributed by atoms with E-state index >= 15 is 0 Å². The van der Waals surface area contributed by atoms with Gasteiger partial charge in [0, 0.05) is 6.54 Å². The zero-order valence-electron chi connectivity index (χ0n) is 10.8. The lowest BCUT2D eigenvalue weighted by Crippen LogP contribution is -2.33. The van der Waals surface area contributed by atoms with E-state index < -0.39 is 11.8 Å². The molecule has 1 fully saturated rings. The maximum Gasteiger partial charge on any atom is 0.335 e. The van der Waals surface area contributed by atoms with Crippen molar-refractivity contribution in [1.29, 1.82) is 0 Å². The number of carboxylic acid groups (broad SMARTS) is 1. The van der Waals surface area contributed by atoms with Crippen LogP contribution in [0.5, 0.6) is 5.75 Å². The van der Waals surface area contributed by atoms with Gasteiger partial charge in [-0.25, -0.2) is 9.18 Å². The molecule has 0 bridgehead atoms. The number of carbonyl (C=O) groups is 1. The quantitative estimate of drug-likeness (QED) is 0.890. The number of aromatic carboxylic acids is 1. The molecule has 1 N–H and O–H groups in total. The molecule has 1 aliphatic rings. The molecule has 1 aromatic carbocycles. The Kier molecular flexibility index (Phi) is 4.74. The average Bonchev–Trinajstić information content (AvgIpc) is 2.41. The highest BCUT2D eigenvalue weighted by Gasteiger charge is 2.12. The van der Waals surface area contributed by atoms with Crippen LogP contribution in [0, 0.1) is 5.82 Å². The van der Waals surface area contributed by atoms with Crippen LogP contribution in [0.1, 0.15) is 29.6 Å². The molecule has 0 amide bonds. The van der Waals surface area contributed by atoms with Crippen LogP contribution in [0.4, 0.5) is 4.39 Å². The molecule has 5 heteroatoms. The number of hydrogen-bond donors (Lipinski definition) is 1. The molecule has 2 rings (SSSR count). The van der Waals surface area contributed by atoms with E-state index in [1.807, 2.05) is 0 Å². The number of hydrogen-bond acceptors (Lipinski definition) is 3. The predicted octanol–water partition coefficient (Wildman–Crippen LogP) is 2.39. The monoisotopic (exact) mass is 267 g/mol. The average molecular weight is 267 g/mol. The summed E-state index contributed by atoms with van der Waals surface area (Å²) in [5, 5.41) is 8.73. The zero-order valence-corrected chi connectivity index (χ0v) is 10.8. The van der Waals surface area contributed by atoms with Crippen LogP contribution in [0.2, 0.25) is 0 Å². The molecule has 0 spiro atoms. The predicted molar refractivity (Wildman–Crippen MR) is 69.1 cm³/mol. The third-order valence-electron chi connectivity index (χ3n) is 3.29. The van der Waals surface area contributed by atoms with Crippen molar-refractivity contribution in [3.8, 4) is 5.75 Å². The first-order chi connectivity index (χ1) is 9.16. The molecule has 0 saturated carbocycles. The van der Waals surface area contributed by atoms with E-state index in [0.29, 0.717) is 6.61 Å². The summed E-state index contributed by atoms with van der Waals surface area (Å²) in [6.45, 7) is 3.34. The fourth-order valence-electron chi connectivity index (χ4n) is 2.22. The highest BCUT2D eigenvalue weighted by molar-refractivity contribution is 5.87. The minimum Gasteiger partial charge on any atom is -0.489 e. The van der Waals surface area contributed by atoms with Crippen molar-refractivity contribution in [1.82, 2.24) is 4.90 Å². The molecule has 1 saturated heterocycles. The van der Waals surface area contributed by atoms with Gasteiger partial charge in [-0.1, -0.05) is 6.42 Å². The smallest absolute Gasteiger partial charge is 0.335 e. The molecule has 0 aliphatic carbocycles. The number of rotatable bonds is 5. The lowest BCUT2D eigenvalue weighted by molar-refractivity contribution is 0.0696. The summed E-state index contributed by atoms with van der Waals surface area (Å²) in [6, 6.07) is 3.70. The molecule has 104 valence electrons. The first kappa shape index (κ1) is 13.8. The van der Waals surface area contributed by atoms with Crippen molar-refractivity contribution in [3.63, 3.8) is 0 Å². The second kappa shape index (κ2) is 6.52. The Bertz CT molecular complexity index is 444. The minimum absolute atomic E-state index is 0.0686. The van der Waals surface area contributed by atoms with Crippen molar-refractivity contribution < 1.29 is 19.0 Å². The molecule has 1 aliphatic heterocycles.